The maximum absolute atomic E-state index is 5.45. The molecular weight excluding hydrogens is 350 g/mol. The van der Waals surface area contributed by atoms with E-state index in [9.17, 15) is 0 Å². The van der Waals surface area contributed by atoms with Crippen LogP contribution in [0.3, 0.4) is 0 Å². The van der Waals surface area contributed by atoms with Crippen molar-refractivity contribution in [3.8, 4) is 39.1 Å². The third kappa shape index (κ3) is 2.66. The molecule has 132 valence electrons. The Morgan fingerprint density at radius 3 is 2.35 bits per heavy atom. The molecule has 3 heterocycles. The minimum atomic E-state index is 0.557. The van der Waals surface area contributed by atoms with Crippen molar-refractivity contribution in [3.05, 3.63) is 48.0 Å². The monoisotopic (exact) mass is 367 g/mol. The zero-order chi connectivity index (χ0) is 18.1. The first-order valence-electron chi connectivity index (χ1n) is 7.94. The maximum atomic E-state index is 5.45. The van der Waals surface area contributed by atoms with E-state index in [1.54, 1.807) is 32.7 Å². The highest BCUT2D eigenvalue weighted by molar-refractivity contribution is 7.13. The SMILES string of the molecule is COc1cc(-c2ccc3ncc(-c4cccs4)n3n2)cc(OC)c1OC. The Hall–Kier alpha value is -3.06. The van der Waals surface area contributed by atoms with Crippen LogP contribution in [0.5, 0.6) is 17.2 Å². The van der Waals surface area contributed by atoms with Crippen LogP contribution >= 0.6 is 11.3 Å². The number of hydrogen-bond donors (Lipinski definition) is 0. The van der Waals surface area contributed by atoms with Gasteiger partial charge >= 0.3 is 0 Å². The van der Waals surface area contributed by atoms with Crippen molar-refractivity contribution in [2.75, 3.05) is 21.3 Å². The van der Waals surface area contributed by atoms with Crippen molar-refractivity contribution in [2.24, 2.45) is 0 Å². The molecule has 0 spiro atoms. The normalized spacial score (nSPS) is 10.9. The van der Waals surface area contributed by atoms with Crippen molar-refractivity contribution < 1.29 is 14.2 Å². The second-order valence-electron chi connectivity index (χ2n) is 5.52. The highest BCUT2D eigenvalue weighted by atomic mass is 32.1. The molecule has 0 aliphatic carbocycles. The first kappa shape index (κ1) is 16.4. The van der Waals surface area contributed by atoms with E-state index in [0.717, 1.165) is 27.5 Å². The van der Waals surface area contributed by atoms with Crippen LogP contribution in [0, 0.1) is 0 Å². The van der Waals surface area contributed by atoms with Crippen LogP contribution in [0.25, 0.3) is 27.5 Å². The summed E-state index contributed by atoms with van der Waals surface area (Å²) in [5, 5.41) is 6.82. The number of rotatable bonds is 5. The van der Waals surface area contributed by atoms with Crippen molar-refractivity contribution in [3.63, 3.8) is 0 Å². The molecule has 4 aromatic rings. The fraction of sp³-hybridized carbons (Fsp3) is 0.158. The Morgan fingerprint density at radius 2 is 1.73 bits per heavy atom. The minimum absolute atomic E-state index is 0.557. The molecule has 0 bridgehead atoms. The van der Waals surface area contributed by atoms with E-state index in [1.165, 1.54) is 0 Å². The maximum Gasteiger partial charge on any atom is 0.203 e. The van der Waals surface area contributed by atoms with E-state index in [4.69, 9.17) is 19.3 Å². The van der Waals surface area contributed by atoms with Crippen LogP contribution in [0.4, 0.5) is 0 Å². The van der Waals surface area contributed by atoms with Gasteiger partial charge in [0.25, 0.3) is 0 Å². The van der Waals surface area contributed by atoms with Gasteiger partial charge in [0.05, 0.1) is 38.1 Å². The third-order valence-electron chi connectivity index (χ3n) is 4.10. The van der Waals surface area contributed by atoms with Crippen molar-refractivity contribution >= 4 is 17.0 Å². The Kier molecular flexibility index (Phi) is 4.22. The average Bonchev–Trinajstić information content (AvgIpc) is 3.35. The summed E-state index contributed by atoms with van der Waals surface area (Å²) < 4.78 is 18.1. The molecule has 0 amide bonds. The van der Waals surface area contributed by atoms with Crippen LogP contribution in [-0.4, -0.2) is 35.9 Å². The van der Waals surface area contributed by atoms with Crippen LogP contribution in [0.2, 0.25) is 0 Å². The highest BCUT2D eigenvalue weighted by Gasteiger charge is 2.16. The van der Waals surface area contributed by atoms with Gasteiger partial charge in [0.1, 0.15) is 5.69 Å². The lowest BCUT2D eigenvalue weighted by Crippen LogP contribution is -1.99. The van der Waals surface area contributed by atoms with Gasteiger partial charge in [0.2, 0.25) is 5.75 Å². The first-order valence-corrected chi connectivity index (χ1v) is 8.82. The lowest BCUT2D eigenvalue weighted by molar-refractivity contribution is 0.324. The smallest absolute Gasteiger partial charge is 0.203 e. The standard InChI is InChI=1S/C19H17N3O3S/c1-23-15-9-12(10-16(24-2)19(15)25-3)13-6-7-18-20-11-14(22(18)21-13)17-5-4-8-26-17/h4-11H,1-3H3. The summed E-state index contributed by atoms with van der Waals surface area (Å²) in [5.74, 6) is 1.74. The van der Waals surface area contributed by atoms with E-state index < -0.39 is 0 Å². The van der Waals surface area contributed by atoms with Gasteiger partial charge < -0.3 is 14.2 Å². The summed E-state index contributed by atoms with van der Waals surface area (Å²) in [6.45, 7) is 0. The van der Waals surface area contributed by atoms with Crippen molar-refractivity contribution in [1.82, 2.24) is 14.6 Å². The van der Waals surface area contributed by atoms with Crippen LogP contribution < -0.4 is 14.2 Å². The molecular formula is C19H17N3O3S. The molecule has 0 radical (unpaired) electrons. The Bertz CT molecular complexity index is 1030. The number of methoxy groups -OCH3 is 3. The van der Waals surface area contributed by atoms with E-state index in [0.29, 0.717) is 17.2 Å². The quantitative estimate of drug-likeness (QED) is 0.530. The Morgan fingerprint density at radius 1 is 0.962 bits per heavy atom. The number of benzene rings is 1. The second kappa shape index (κ2) is 6.68. The van der Waals surface area contributed by atoms with E-state index in [1.807, 2.05) is 46.4 Å². The molecule has 26 heavy (non-hydrogen) atoms. The molecule has 3 aromatic heterocycles. The predicted octanol–water partition coefficient (Wildman–Crippen LogP) is 4.15. The third-order valence-corrected chi connectivity index (χ3v) is 4.99. The summed E-state index contributed by atoms with van der Waals surface area (Å²) in [4.78, 5) is 5.56. The number of aromatic nitrogens is 3. The summed E-state index contributed by atoms with van der Waals surface area (Å²) in [7, 11) is 4.79. The molecule has 0 aliphatic heterocycles. The molecule has 6 nitrogen and oxygen atoms in total. The van der Waals surface area contributed by atoms with Crippen LogP contribution in [0.15, 0.2) is 48.0 Å². The fourth-order valence-corrected chi connectivity index (χ4v) is 3.57. The largest absolute Gasteiger partial charge is 0.493 e. The summed E-state index contributed by atoms with van der Waals surface area (Å²) >= 11 is 1.66. The van der Waals surface area contributed by atoms with Crippen LogP contribution in [0.1, 0.15) is 0 Å². The van der Waals surface area contributed by atoms with Crippen molar-refractivity contribution in [2.45, 2.75) is 0 Å². The molecule has 7 heteroatoms. The second-order valence-corrected chi connectivity index (χ2v) is 6.47. The average molecular weight is 367 g/mol. The number of nitrogens with zero attached hydrogens (tertiary/aromatic N) is 3. The van der Waals surface area contributed by atoms with Gasteiger partial charge in [-0.2, -0.15) is 5.10 Å². The number of hydrogen-bond acceptors (Lipinski definition) is 6. The molecule has 0 atom stereocenters. The summed E-state index contributed by atoms with van der Waals surface area (Å²) in [5.41, 5.74) is 3.41. The van der Waals surface area contributed by atoms with E-state index in [-0.39, 0.29) is 0 Å². The number of ether oxygens (including phenoxy) is 3. The summed E-state index contributed by atoms with van der Waals surface area (Å²) in [6.07, 6.45) is 1.84. The molecule has 0 fully saturated rings. The van der Waals surface area contributed by atoms with Gasteiger partial charge in [-0.3, -0.25) is 0 Å². The molecule has 0 saturated heterocycles. The lowest BCUT2D eigenvalue weighted by atomic mass is 10.1. The Labute approximate surface area is 154 Å². The van der Waals surface area contributed by atoms with Crippen molar-refractivity contribution in [1.29, 1.82) is 0 Å². The van der Waals surface area contributed by atoms with Gasteiger partial charge in [-0.05, 0) is 35.7 Å². The molecule has 1 aromatic carbocycles. The molecule has 0 saturated carbocycles. The molecule has 4 rings (SSSR count). The highest BCUT2D eigenvalue weighted by Crippen LogP contribution is 2.40. The summed E-state index contributed by atoms with van der Waals surface area (Å²) in [6, 6.07) is 11.7. The number of thiophene rings is 1. The molecule has 0 aliphatic rings. The lowest BCUT2D eigenvalue weighted by Gasteiger charge is -2.14. The first-order chi connectivity index (χ1) is 12.7. The van der Waals surface area contributed by atoms with Gasteiger partial charge in [0.15, 0.2) is 17.1 Å². The fourth-order valence-electron chi connectivity index (χ4n) is 2.85. The topological polar surface area (TPSA) is 57.9 Å². The van der Waals surface area contributed by atoms with Gasteiger partial charge in [0, 0.05) is 5.56 Å². The van der Waals surface area contributed by atoms with Gasteiger partial charge in [-0.15, -0.1) is 11.3 Å². The Balaban J connectivity index is 1.88. The number of imidazole rings is 1. The van der Waals surface area contributed by atoms with E-state index >= 15 is 0 Å². The van der Waals surface area contributed by atoms with Crippen LogP contribution in [-0.2, 0) is 0 Å². The predicted molar refractivity (Wildman–Crippen MR) is 101 cm³/mol. The molecule has 0 unspecified atom stereocenters. The molecule has 0 N–H and O–H groups in total. The van der Waals surface area contributed by atoms with Gasteiger partial charge in [-0.1, -0.05) is 6.07 Å². The zero-order valence-electron chi connectivity index (χ0n) is 14.6. The zero-order valence-corrected chi connectivity index (χ0v) is 15.4. The van der Waals surface area contributed by atoms with Gasteiger partial charge in [-0.25, -0.2) is 9.50 Å². The minimum Gasteiger partial charge on any atom is -0.493 e. The number of fused-ring (bicyclic) bond motifs is 1. The van der Waals surface area contributed by atoms with E-state index in [2.05, 4.69) is 11.1 Å².